The van der Waals surface area contributed by atoms with Crippen LogP contribution in [-0.2, 0) is 11.3 Å². The van der Waals surface area contributed by atoms with Gasteiger partial charge in [-0.25, -0.2) is 0 Å². The van der Waals surface area contributed by atoms with Crippen molar-refractivity contribution in [3.63, 3.8) is 0 Å². The maximum atomic E-state index is 12.4. The molecule has 0 atom stereocenters. The van der Waals surface area contributed by atoms with Crippen LogP contribution >= 0.6 is 0 Å². The molecule has 1 amide bonds. The summed E-state index contributed by atoms with van der Waals surface area (Å²) < 4.78 is 5.59. The third-order valence-electron chi connectivity index (χ3n) is 3.70. The van der Waals surface area contributed by atoms with E-state index in [1.807, 2.05) is 0 Å². The lowest BCUT2D eigenvalue weighted by Gasteiger charge is -2.19. The first-order valence-electron chi connectivity index (χ1n) is 7.39. The molecular formula is C15H22N2O4. The van der Waals surface area contributed by atoms with Crippen LogP contribution in [0.4, 0.5) is 0 Å². The van der Waals surface area contributed by atoms with E-state index in [4.69, 9.17) is 9.52 Å². The summed E-state index contributed by atoms with van der Waals surface area (Å²) in [5.41, 5.74) is 0. The Bertz CT molecular complexity index is 504. The third kappa shape index (κ3) is 4.07. The number of carboxylic acids is 1. The quantitative estimate of drug-likeness (QED) is 0.791. The predicted octanol–water partition coefficient (Wildman–Crippen LogP) is 1.81. The molecule has 1 aromatic rings. The normalized spacial score (nSPS) is 14.4. The molecule has 1 aliphatic rings. The van der Waals surface area contributed by atoms with E-state index in [0.29, 0.717) is 6.54 Å². The Labute approximate surface area is 124 Å². The minimum atomic E-state index is -0.995. The summed E-state index contributed by atoms with van der Waals surface area (Å²) in [5, 5.41) is 8.91. The van der Waals surface area contributed by atoms with Gasteiger partial charge in [0.2, 0.25) is 0 Å². The fourth-order valence-electron chi connectivity index (χ4n) is 2.29. The highest BCUT2D eigenvalue weighted by Crippen LogP contribution is 2.28. The number of rotatable bonds is 8. The van der Waals surface area contributed by atoms with Gasteiger partial charge in [-0.1, -0.05) is 13.8 Å². The van der Waals surface area contributed by atoms with Gasteiger partial charge in [-0.2, -0.15) is 0 Å². The minimum absolute atomic E-state index is 0.0462. The lowest BCUT2D eigenvalue weighted by atomic mass is 10.3. The Morgan fingerprint density at radius 1 is 1.29 bits per heavy atom. The molecule has 2 rings (SSSR count). The van der Waals surface area contributed by atoms with E-state index in [0.717, 1.165) is 31.7 Å². The van der Waals surface area contributed by atoms with E-state index in [2.05, 4.69) is 18.7 Å². The fourth-order valence-corrected chi connectivity index (χ4v) is 2.29. The van der Waals surface area contributed by atoms with Gasteiger partial charge in [0.05, 0.1) is 6.54 Å². The van der Waals surface area contributed by atoms with Crippen LogP contribution in [0.1, 0.15) is 43.0 Å². The Balaban J connectivity index is 2.04. The molecule has 0 radical (unpaired) electrons. The molecule has 1 fully saturated rings. The number of carbonyl (C=O) groups is 2. The van der Waals surface area contributed by atoms with Gasteiger partial charge in [-0.15, -0.1) is 0 Å². The average Bonchev–Trinajstić information content (AvgIpc) is 3.20. The number of hydrogen-bond donors (Lipinski definition) is 1. The molecule has 116 valence electrons. The number of hydrogen-bond acceptors (Lipinski definition) is 4. The summed E-state index contributed by atoms with van der Waals surface area (Å²) in [4.78, 5) is 26.8. The zero-order valence-corrected chi connectivity index (χ0v) is 12.5. The standard InChI is InChI=1S/C15H22N2O4/c1-3-16(4-2)9-12-7-8-13(21-12)15(20)17(10-14(18)19)11-5-6-11/h7-8,11H,3-6,9-10H2,1-2H3,(H,18,19). The van der Waals surface area contributed by atoms with Gasteiger partial charge in [0.15, 0.2) is 5.76 Å². The number of carbonyl (C=O) groups excluding carboxylic acids is 1. The number of furan rings is 1. The van der Waals surface area contributed by atoms with Crippen molar-refractivity contribution >= 4 is 11.9 Å². The van der Waals surface area contributed by atoms with E-state index in [1.165, 1.54) is 4.90 Å². The number of amides is 1. The van der Waals surface area contributed by atoms with Crippen molar-refractivity contribution in [3.05, 3.63) is 23.7 Å². The summed E-state index contributed by atoms with van der Waals surface area (Å²) in [5.74, 6) is -0.366. The van der Waals surface area contributed by atoms with Crippen molar-refractivity contribution in [1.82, 2.24) is 9.80 Å². The van der Waals surface area contributed by atoms with E-state index in [1.54, 1.807) is 12.1 Å². The molecule has 1 aromatic heterocycles. The van der Waals surface area contributed by atoms with Gasteiger partial charge >= 0.3 is 5.97 Å². The molecule has 0 unspecified atom stereocenters. The van der Waals surface area contributed by atoms with Crippen molar-refractivity contribution in [2.45, 2.75) is 39.3 Å². The van der Waals surface area contributed by atoms with Crippen molar-refractivity contribution < 1.29 is 19.1 Å². The molecule has 1 saturated carbocycles. The van der Waals surface area contributed by atoms with Crippen LogP contribution in [0.3, 0.4) is 0 Å². The highest BCUT2D eigenvalue weighted by Gasteiger charge is 2.35. The zero-order chi connectivity index (χ0) is 15.4. The van der Waals surface area contributed by atoms with Crippen LogP contribution in [0, 0.1) is 0 Å². The Hall–Kier alpha value is -1.82. The first-order chi connectivity index (χ1) is 10.0. The highest BCUT2D eigenvalue weighted by molar-refractivity contribution is 5.93. The molecule has 6 nitrogen and oxygen atoms in total. The minimum Gasteiger partial charge on any atom is -0.480 e. The van der Waals surface area contributed by atoms with Crippen molar-refractivity contribution in [2.75, 3.05) is 19.6 Å². The van der Waals surface area contributed by atoms with Crippen LogP contribution < -0.4 is 0 Å². The Morgan fingerprint density at radius 2 is 1.95 bits per heavy atom. The first kappa shape index (κ1) is 15.6. The van der Waals surface area contributed by atoms with E-state index < -0.39 is 5.97 Å². The summed E-state index contributed by atoms with van der Waals surface area (Å²) in [7, 11) is 0. The largest absolute Gasteiger partial charge is 0.480 e. The lowest BCUT2D eigenvalue weighted by Crippen LogP contribution is -2.37. The molecule has 1 N–H and O–H groups in total. The molecule has 1 heterocycles. The van der Waals surface area contributed by atoms with Gasteiger partial charge in [-0.3, -0.25) is 14.5 Å². The smallest absolute Gasteiger partial charge is 0.323 e. The molecular weight excluding hydrogens is 272 g/mol. The van der Waals surface area contributed by atoms with Crippen molar-refractivity contribution in [2.24, 2.45) is 0 Å². The number of aliphatic carboxylic acids is 1. The van der Waals surface area contributed by atoms with Crippen molar-refractivity contribution in [1.29, 1.82) is 0 Å². The third-order valence-corrected chi connectivity index (χ3v) is 3.70. The maximum Gasteiger partial charge on any atom is 0.323 e. The van der Waals surface area contributed by atoms with Crippen molar-refractivity contribution in [3.8, 4) is 0 Å². The Morgan fingerprint density at radius 3 is 2.48 bits per heavy atom. The van der Waals surface area contributed by atoms with Crippen LogP contribution in [0.2, 0.25) is 0 Å². The molecule has 0 spiro atoms. The number of nitrogens with zero attached hydrogens (tertiary/aromatic N) is 2. The maximum absolute atomic E-state index is 12.4. The zero-order valence-electron chi connectivity index (χ0n) is 12.5. The second kappa shape index (κ2) is 6.76. The van der Waals surface area contributed by atoms with E-state index >= 15 is 0 Å². The molecule has 1 aliphatic carbocycles. The van der Waals surface area contributed by atoms with Gasteiger partial charge in [0, 0.05) is 6.04 Å². The second-order valence-corrected chi connectivity index (χ2v) is 5.29. The molecule has 0 bridgehead atoms. The van der Waals surface area contributed by atoms with Crippen LogP contribution in [0.25, 0.3) is 0 Å². The van der Waals surface area contributed by atoms with Gasteiger partial charge in [0.1, 0.15) is 12.3 Å². The monoisotopic (exact) mass is 294 g/mol. The van der Waals surface area contributed by atoms with Crippen LogP contribution in [0.5, 0.6) is 0 Å². The van der Waals surface area contributed by atoms with Crippen LogP contribution in [-0.4, -0.2) is 52.5 Å². The molecule has 0 saturated heterocycles. The lowest BCUT2D eigenvalue weighted by molar-refractivity contribution is -0.137. The van der Waals surface area contributed by atoms with E-state index in [9.17, 15) is 9.59 Å². The van der Waals surface area contributed by atoms with Gasteiger partial charge in [0.25, 0.3) is 5.91 Å². The second-order valence-electron chi connectivity index (χ2n) is 5.29. The molecule has 21 heavy (non-hydrogen) atoms. The van der Waals surface area contributed by atoms with E-state index in [-0.39, 0.29) is 24.3 Å². The Kier molecular flexibility index (Phi) is 5.01. The SMILES string of the molecule is CCN(CC)Cc1ccc(C(=O)N(CC(=O)O)C2CC2)o1. The summed E-state index contributed by atoms with van der Waals surface area (Å²) in [6.45, 7) is 6.35. The van der Waals surface area contributed by atoms with Crippen LogP contribution in [0.15, 0.2) is 16.5 Å². The van der Waals surface area contributed by atoms with Gasteiger partial charge in [-0.05, 0) is 38.1 Å². The summed E-state index contributed by atoms with van der Waals surface area (Å²) in [6, 6.07) is 3.47. The molecule has 0 aliphatic heterocycles. The average molecular weight is 294 g/mol. The molecule has 0 aromatic carbocycles. The number of carboxylic acid groups (broad SMARTS) is 1. The first-order valence-corrected chi connectivity index (χ1v) is 7.39. The van der Waals surface area contributed by atoms with Gasteiger partial charge < -0.3 is 14.4 Å². The highest BCUT2D eigenvalue weighted by atomic mass is 16.4. The fraction of sp³-hybridized carbons (Fsp3) is 0.600. The topological polar surface area (TPSA) is 74.0 Å². The predicted molar refractivity (Wildman–Crippen MR) is 77.0 cm³/mol. The molecule has 6 heteroatoms. The summed E-state index contributed by atoms with van der Waals surface area (Å²) >= 11 is 0. The summed E-state index contributed by atoms with van der Waals surface area (Å²) in [6.07, 6.45) is 1.73.